The van der Waals surface area contributed by atoms with Gasteiger partial charge in [-0.05, 0) is 43.7 Å². The number of nitrogens with zero attached hydrogens (tertiary/aromatic N) is 1. The van der Waals surface area contributed by atoms with Crippen LogP contribution in [0.25, 0.3) is 10.9 Å². The van der Waals surface area contributed by atoms with Crippen LogP contribution >= 0.6 is 0 Å². The van der Waals surface area contributed by atoms with Gasteiger partial charge in [0.25, 0.3) is 5.91 Å². The van der Waals surface area contributed by atoms with Crippen molar-refractivity contribution in [3.8, 4) is 0 Å². The Morgan fingerprint density at radius 3 is 2.59 bits per heavy atom. The molecule has 2 aromatic heterocycles. The fraction of sp³-hybridized carbons (Fsp3) is 0.174. The van der Waals surface area contributed by atoms with Gasteiger partial charge >= 0.3 is 0 Å². The van der Waals surface area contributed by atoms with E-state index in [1.165, 1.54) is 0 Å². The Bertz CT molecular complexity index is 1170. The molecule has 4 heteroatoms. The minimum Gasteiger partial charge on any atom is -0.464 e. The topological polar surface area (TPSA) is 49.2 Å². The second kappa shape index (κ2) is 5.88. The number of benzene rings is 2. The van der Waals surface area contributed by atoms with E-state index in [9.17, 15) is 4.79 Å². The molecule has 3 heterocycles. The number of rotatable bonds is 3. The van der Waals surface area contributed by atoms with Crippen molar-refractivity contribution < 1.29 is 9.21 Å². The smallest absolute Gasteiger partial charge is 0.255 e. The summed E-state index contributed by atoms with van der Waals surface area (Å²) in [5.41, 5.74) is 5.17. The Balaban J connectivity index is 1.70. The summed E-state index contributed by atoms with van der Waals surface area (Å²) in [7, 11) is 0. The molecule has 27 heavy (non-hydrogen) atoms. The van der Waals surface area contributed by atoms with Crippen LogP contribution in [0, 0.1) is 13.8 Å². The first-order chi connectivity index (χ1) is 13.1. The summed E-state index contributed by atoms with van der Waals surface area (Å²) in [5.74, 6) is 1.71. The normalized spacial score (nSPS) is 16.3. The first-order valence-electron chi connectivity index (χ1n) is 9.16. The third-order valence-corrected chi connectivity index (χ3v) is 5.40. The number of aromatic amines is 1. The van der Waals surface area contributed by atoms with E-state index < -0.39 is 0 Å². The van der Waals surface area contributed by atoms with Crippen LogP contribution in [0.3, 0.4) is 0 Å². The van der Waals surface area contributed by atoms with Gasteiger partial charge in [-0.1, -0.05) is 36.4 Å². The third-order valence-electron chi connectivity index (χ3n) is 5.40. The average molecular weight is 356 g/mol. The zero-order valence-electron chi connectivity index (χ0n) is 15.3. The molecule has 1 amide bonds. The van der Waals surface area contributed by atoms with Gasteiger partial charge in [0.2, 0.25) is 0 Å². The maximum absolute atomic E-state index is 13.2. The van der Waals surface area contributed by atoms with Crippen molar-refractivity contribution >= 4 is 16.8 Å². The van der Waals surface area contributed by atoms with Crippen molar-refractivity contribution in [1.29, 1.82) is 0 Å². The summed E-state index contributed by atoms with van der Waals surface area (Å²) in [6, 6.07) is 19.9. The number of aromatic nitrogens is 1. The molecule has 0 bridgehead atoms. The standard InChI is InChI=1S/C23H20N2O2/c1-14-11-12-16(27-14)13-25-22(17-7-3-4-8-18(17)23(25)26)21-15(2)24-20-10-6-5-9-19(20)21/h3-12,22,24H,13H2,1-2H3. The van der Waals surface area contributed by atoms with Gasteiger partial charge in [-0.15, -0.1) is 0 Å². The maximum atomic E-state index is 13.2. The van der Waals surface area contributed by atoms with Crippen LogP contribution in [0.15, 0.2) is 65.1 Å². The number of carbonyl (C=O) groups excluding carboxylic acids is 1. The van der Waals surface area contributed by atoms with Gasteiger partial charge in [0.15, 0.2) is 0 Å². The molecule has 2 aromatic carbocycles. The second-order valence-corrected chi connectivity index (χ2v) is 7.14. The summed E-state index contributed by atoms with van der Waals surface area (Å²) in [4.78, 5) is 18.6. The third kappa shape index (κ3) is 2.40. The van der Waals surface area contributed by atoms with Crippen LogP contribution in [0.1, 0.15) is 44.7 Å². The molecule has 0 saturated carbocycles. The van der Waals surface area contributed by atoms with Gasteiger partial charge in [-0.2, -0.15) is 0 Å². The monoisotopic (exact) mass is 356 g/mol. The highest BCUT2D eigenvalue weighted by atomic mass is 16.3. The van der Waals surface area contributed by atoms with Crippen molar-refractivity contribution in [2.45, 2.75) is 26.4 Å². The lowest BCUT2D eigenvalue weighted by Crippen LogP contribution is -2.28. The van der Waals surface area contributed by atoms with Gasteiger partial charge in [0.1, 0.15) is 11.5 Å². The van der Waals surface area contributed by atoms with E-state index in [1.807, 2.05) is 54.3 Å². The van der Waals surface area contributed by atoms with E-state index in [-0.39, 0.29) is 11.9 Å². The van der Waals surface area contributed by atoms with Gasteiger partial charge in [-0.25, -0.2) is 0 Å². The van der Waals surface area contributed by atoms with Gasteiger partial charge in [0.05, 0.1) is 12.6 Å². The number of amides is 1. The van der Waals surface area contributed by atoms with Crippen LogP contribution < -0.4 is 0 Å². The van der Waals surface area contributed by atoms with Crippen LogP contribution in [0.2, 0.25) is 0 Å². The summed E-state index contributed by atoms with van der Waals surface area (Å²) < 4.78 is 5.77. The predicted molar refractivity (Wildman–Crippen MR) is 105 cm³/mol. The first kappa shape index (κ1) is 15.9. The van der Waals surface area contributed by atoms with E-state index in [2.05, 4.69) is 30.1 Å². The number of fused-ring (bicyclic) bond motifs is 2. The Kier molecular flexibility index (Phi) is 3.47. The summed E-state index contributed by atoms with van der Waals surface area (Å²) in [6.45, 7) is 4.45. The van der Waals surface area contributed by atoms with Crippen molar-refractivity contribution in [3.05, 3.63) is 94.6 Å². The Morgan fingerprint density at radius 2 is 1.78 bits per heavy atom. The minimum atomic E-state index is -0.129. The van der Waals surface area contributed by atoms with Crippen LogP contribution in [0.4, 0.5) is 0 Å². The molecule has 0 fully saturated rings. The number of H-pyrrole nitrogens is 1. The predicted octanol–water partition coefficient (Wildman–Crippen LogP) is 5.12. The molecule has 134 valence electrons. The summed E-state index contributed by atoms with van der Waals surface area (Å²) >= 11 is 0. The maximum Gasteiger partial charge on any atom is 0.255 e. The van der Waals surface area contributed by atoms with E-state index in [1.54, 1.807) is 0 Å². The molecule has 0 aliphatic carbocycles. The van der Waals surface area contributed by atoms with Crippen LogP contribution in [-0.4, -0.2) is 15.8 Å². The molecule has 0 spiro atoms. The Labute approximate surface area is 157 Å². The van der Waals surface area contributed by atoms with E-state index in [4.69, 9.17) is 4.42 Å². The molecule has 1 N–H and O–H groups in total. The SMILES string of the molecule is Cc1ccc(CN2C(=O)c3ccccc3C2c2c(C)[nH]c3ccccc23)o1. The Morgan fingerprint density at radius 1 is 1.00 bits per heavy atom. The number of hydrogen-bond acceptors (Lipinski definition) is 2. The number of hydrogen-bond donors (Lipinski definition) is 1. The summed E-state index contributed by atoms with van der Waals surface area (Å²) in [6.07, 6.45) is 0. The zero-order chi connectivity index (χ0) is 18.5. The average Bonchev–Trinajstić information content (AvgIpc) is 3.31. The minimum absolute atomic E-state index is 0.0503. The quantitative estimate of drug-likeness (QED) is 0.554. The molecule has 5 rings (SSSR count). The fourth-order valence-electron chi connectivity index (χ4n) is 4.23. The van der Waals surface area contributed by atoms with Crippen molar-refractivity contribution in [2.24, 2.45) is 0 Å². The van der Waals surface area contributed by atoms with Crippen LogP contribution in [-0.2, 0) is 6.54 Å². The molecule has 4 nitrogen and oxygen atoms in total. The molecule has 0 saturated heterocycles. The molecule has 1 unspecified atom stereocenters. The molecular weight excluding hydrogens is 336 g/mol. The fourth-order valence-corrected chi connectivity index (χ4v) is 4.23. The molecule has 4 aromatic rings. The lowest BCUT2D eigenvalue weighted by Gasteiger charge is -2.25. The van der Waals surface area contributed by atoms with E-state index in [0.717, 1.165) is 44.8 Å². The number of para-hydroxylation sites is 1. The highest BCUT2D eigenvalue weighted by Crippen LogP contribution is 2.43. The number of carbonyl (C=O) groups is 1. The number of nitrogens with one attached hydrogen (secondary N) is 1. The largest absolute Gasteiger partial charge is 0.464 e. The Hall–Kier alpha value is -3.27. The number of furan rings is 1. The zero-order valence-corrected chi connectivity index (χ0v) is 15.3. The number of aryl methyl sites for hydroxylation is 2. The van der Waals surface area contributed by atoms with E-state index in [0.29, 0.717) is 6.54 Å². The van der Waals surface area contributed by atoms with Crippen LogP contribution in [0.5, 0.6) is 0 Å². The molecule has 1 aliphatic heterocycles. The van der Waals surface area contributed by atoms with Gasteiger partial charge in [-0.3, -0.25) is 4.79 Å². The first-order valence-corrected chi connectivity index (χ1v) is 9.16. The lowest BCUT2D eigenvalue weighted by molar-refractivity contribution is 0.0723. The van der Waals surface area contributed by atoms with E-state index >= 15 is 0 Å². The molecular formula is C23H20N2O2. The summed E-state index contributed by atoms with van der Waals surface area (Å²) in [5, 5.41) is 1.16. The molecule has 0 radical (unpaired) electrons. The van der Waals surface area contributed by atoms with Gasteiger partial charge in [0, 0.05) is 27.7 Å². The molecule has 1 aliphatic rings. The van der Waals surface area contributed by atoms with Gasteiger partial charge < -0.3 is 14.3 Å². The second-order valence-electron chi connectivity index (χ2n) is 7.14. The van der Waals surface area contributed by atoms with Crippen molar-refractivity contribution in [1.82, 2.24) is 9.88 Å². The lowest BCUT2D eigenvalue weighted by atomic mass is 9.95. The van der Waals surface area contributed by atoms with Crippen molar-refractivity contribution in [3.63, 3.8) is 0 Å². The van der Waals surface area contributed by atoms with Crippen molar-refractivity contribution in [2.75, 3.05) is 0 Å². The highest BCUT2D eigenvalue weighted by Gasteiger charge is 2.39. The molecule has 1 atom stereocenters. The highest BCUT2D eigenvalue weighted by molar-refractivity contribution is 6.01.